The minimum absolute atomic E-state index is 0.0886. The molecule has 2 aromatic rings. The number of nitrogens with zero attached hydrogens (tertiary/aromatic N) is 1. The van der Waals surface area contributed by atoms with Crippen LogP contribution in [0.25, 0.3) is 11.0 Å². The maximum Gasteiger partial charge on any atom is 0.290 e. The van der Waals surface area contributed by atoms with E-state index < -0.39 is 0 Å². The summed E-state index contributed by atoms with van der Waals surface area (Å²) in [5.74, 6) is 0.112. The third kappa shape index (κ3) is 2.84. The van der Waals surface area contributed by atoms with Crippen molar-refractivity contribution in [3.63, 3.8) is 0 Å². The molecule has 0 aliphatic carbocycles. The molecule has 0 aliphatic rings. The second kappa shape index (κ2) is 6.54. The molecule has 1 N–H and O–H groups in total. The number of amides is 1. The highest BCUT2D eigenvalue weighted by molar-refractivity contribution is 5.98. The third-order valence-corrected chi connectivity index (χ3v) is 3.26. The molecule has 0 aliphatic heterocycles. The fraction of sp³-hybridized carbons (Fsp3) is 0.400. The van der Waals surface area contributed by atoms with Crippen LogP contribution in [0.1, 0.15) is 16.1 Å². The molecule has 5 nitrogen and oxygen atoms in total. The molecule has 0 saturated heterocycles. The summed E-state index contributed by atoms with van der Waals surface area (Å²) in [4.78, 5) is 14.0. The number of benzene rings is 1. The Kier molecular flexibility index (Phi) is 4.76. The van der Waals surface area contributed by atoms with E-state index in [0.717, 1.165) is 10.9 Å². The van der Waals surface area contributed by atoms with E-state index in [-0.39, 0.29) is 19.1 Å². The highest BCUT2D eigenvalue weighted by atomic mass is 16.5. The van der Waals surface area contributed by atoms with Crippen molar-refractivity contribution in [3.8, 4) is 0 Å². The minimum Gasteiger partial charge on any atom is -0.451 e. The first-order chi connectivity index (χ1) is 9.69. The quantitative estimate of drug-likeness (QED) is 0.875. The van der Waals surface area contributed by atoms with Crippen LogP contribution in [-0.2, 0) is 4.74 Å². The third-order valence-electron chi connectivity index (χ3n) is 3.26. The Morgan fingerprint density at radius 1 is 1.35 bits per heavy atom. The number of methoxy groups -OCH3 is 1. The number of ether oxygens (including phenoxy) is 1. The Balaban J connectivity index is 2.30. The van der Waals surface area contributed by atoms with Crippen LogP contribution in [0.3, 0.4) is 0 Å². The number of fused-ring (bicyclic) bond motifs is 1. The lowest BCUT2D eigenvalue weighted by Crippen LogP contribution is -2.36. The predicted molar refractivity (Wildman–Crippen MR) is 75.8 cm³/mol. The summed E-state index contributed by atoms with van der Waals surface area (Å²) in [5.41, 5.74) is 1.52. The van der Waals surface area contributed by atoms with Crippen LogP contribution in [0, 0.1) is 6.92 Å². The minimum atomic E-state index is -0.218. The molecule has 0 radical (unpaired) electrons. The van der Waals surface area contributed by atoms with Gasteiger partial charge in [-0.15, -0.1) is 0 Å². The lowest BCUT2D eigenvalue weighted by molar-refractivity contribution is 0.0627. The standard InChI is InChI=1S/C15H19NO4/c1-11-12-5-3-4-6-13(12)20-14(11)15(18)16(7-9-17)8-10-19-2/h3-6,17H,7-10H2,1-2H3. The summed E-state index contributed by atoms with van der Waals surface area (Å²) in [7, 11) is 1.58. The molecule has 1 aromatic carbocycles. The van der Waals surface area contributed by atoms with Crippen molar-refractivity contribution < 1.29 is 19.1 Å². The van der Waals surface area contributed by atoms with Crippen LogP contribution < -0.4 is 0 Å². The fourth-order valence-electron chi connectivity index (χ4n) is 2.16. The molecule has 1 aromatic heterocycles. The Labute approximate surface area is 117 Å². The average molecular weight is 277 g/mol. The van der Waals surface area contributed by atoms with E-state index in [9.17, 15) is 4.79 Å². The monoisotopic (exact) mass is 277 g/mol. The molecule has 0 fully saturated rings. The van der Waals surface area contributed by atoms with Crippen LogP contribution in [0.2, 0.25) is 0 Å². The van der Waals surface area contributed by atoms with Crippen molar-refractivity contribution in [1.29, 1.82) is 0 Å². The number of rotatable bonds is 6. The number of para-hydroxylation sites is 1. The number of hydrogen-bond acceptors (Lipinski definition) is 4. The van der Waals surface area contributed by atoms with E-state index in [0.29, 0.717) is 24.5 Å². The molecule has 0 saturated carbocycles. The van der Waals surface area contributed by atoms with Gasteiger partial charge in [-0.1, -0.05) is 18.2 Å². The summed E-state index contributed by atoms with van der Waals surface area (Å²) in [6, 6.07) is 7.55. The van der Waals surface area contributed by atoms with Gasteiger partial charge >= 0.3 is 0 Å². The molecule has 0 atom stereocenters. The second-order valence-corrected chi connectivity index (χ2v) is 4.56. The average Bonchev–Trinajstić information content (AvgIpc) is 2.80. The van der Waals surface area contributed by atoms with Gasteiger partial charge in [-0.25, -0.2) is 0 Å². The molecule has 0 spiro atoms. The van der Waals surface area contributed by atoms with Crippen LogP contribution in [0.15, 0.2) is 28.7 Å². The van der Waals surface area contributed by atoms with Crippen molar-refractivity contribution in [3.05, 3.63) is 35.6 Å². The summed E-state index contributed by atoms with van der Waals surface area (Å²) in [6.07, 6.45) is 0. The van der Waals surface area contributed by atoms with Gasteiger partial charge in [-0.05, 0) is 13.0 Å². The van der Waals surface area contributed by atoms with E-state index in [4.69, 9.17) is 14.3 Å². The zero-order chi connectivity index (χ0) is 14.5. The zero-order valence-corrected chi connectivity index (χ0v) is 11.8. The number of carbonyl (C=O) groups excluding carboxylic acids is 1. The van der Waals surface area contributed by atoms with E-state index in [2.05, 4.69) is 0 Å². The van der Waals surface area contributed by atoms with Crippen molar-refractivity contribution in [2.75, 3.05) is 33.4 Å². The Morgan fingerprint density at radius 3 is 2.75 bits per heavy atom. The normalized spacial score (nSPS) is 10.9. The Bertz CT molecular complexity index is 591. The number of hydrogen-bond donors (Lipinski definition) is 1. The van der Waals surface area contributed by atoms with E-state index >= 15 is 0 Å². The maximum absolute atomic E-state index is 12.5. The molecular weight excluding hydrogens is 258 g/mol. The van der Waals surface area contributed by atoms with Gasteiger partial charge in [0.1, 0.15) is 5.58 Å². The van der Waals surface area contributed by atoms with Gasteiger partial charge in [-0.3, -0.25) is 4.79 Å². The highest BCUT2D eigenvalue weighted by Crippen LogP contribution is 2.25. The molecule has 0 unspecified atom stereocenters. The topological polar surface area (TPSA) is 62.9 Å². The molecule has 1 heterocycles. The molecule has 0 bridgehead atoms. The van der Waals surface area contributed by atoms with Crippen molar-refractivity contribution in [2.24, 2.45) is 0 Å². The molecular formula is C15H19NO4. The highest BCUT2D eigenvalue weighted by Gasteiger charge is 2.22. The number of furan rings is 1. The predicted octanol–water partition coefficient (Wildman–Crippen LogP) is 1.82. The number of aliphatic hydroxyl groups is 1. The summed E-state index contributed by atoms with van der Waals surface area (Å²) < 4.78 is 10.6. The summed E-state index contributed by atoms with van der Waals surface area (Å²) in [6.45, 7) is 2.89. The summed E-state index contributed by atoms with van der Waals surface area (Å²) in [5, 5.41) is 10.0. The van der Waals surface area contributed by atoms with Crippen molar-refractivity contribution >= 4 is 16.9 Å². The lowest BCUT2D eigenvalue weighted by Gasteiger charge is -2.20. The smallest absolute Gasteiger partial charge is 0.290 e. The van der Waals surface area contributed by atoms with Crippen molar-refractivity contribution in [2.45, 2.75) is 6.92 Å². The first kappa shape index (κ1) is 14.6. The molecule has 1 amide bonds. The largest absolute Gasteiger partial charge is 0.451 e. The Hall–Kier alpha value is -1.85. The van der Waals surface area contributed by atoms with Crippen LogP contribution in [-0.4, -0.2) is 49.3 Å². The van der Waals surface area contributed by atoms with Gasteiger partial charge in [-0.2, -0.15) is 0 Å². The molecule has 2 rings (SSSR count). The SMILES string of the molecule is COCCN(CCO)C(=O)c1oc2ccccc2c1C. The zero-order valence-electron chi connectivity index (χ0n) is 11.8. The van der Waals surface area contributed by atoms with Gasteiger partial charge in [0.2, 0.25) is 0 Å². The summed E-state index contributed by atoms with van der Waals surface area (Å²) >= 11 is 0. The van der Waals surface area contributed by atoms with Gasteiger partial charge < -0.3 is 19.2 Å². The molecule has 20 heavy (non-hydrogen) atoms. The second-order valence-electron chi connectivity index (χ2n) is 4.56. The van der Waals surface area contributed by atoms with Crippen molar-refractivity contribution in [1.82, 2.24) is 4.90 Å². The van der Waals surface area contributed by atoms with Gasteiger partial charge in [0.05, 0.1) is 13.2 Å². The van der Waals surface area contributed by atoms with Crippen LogP contribution >= 0.6 is 0 Å². The van der Waals surface area contributed by atoms with Gasteiger partial charge in [0, 0.05) is 31.1 Å². The van der Waals surface area contributed by atoms with Gasteiger partial charge in [0.25, 0.3) is 5.91 Å². The Morgan fingerprint density at radius 2 is 2.10 bits per heavy atom. The van der Waals surface area contributed by atoms with Crippen LogP contribution in [0.4, 0.5) is 0 Å². The van der Waals surface area contributed by atoms with Crippen LogP contribution in [0.5, 0.6) is 0 Å². The number of aliphatic hydroxyl groups excluding tert-OH is 1. The first-order valence-electron chi connectivity index (χ1n) is 6.56. The van der Waals surface area contributed by atoms with E-state index in [1.807, 2.05) is 31.2 Å². The first-order valence-corrected chi connectivity index (χ1v) is 6.56. The van der Waals surface area contributed by atoms with E-state index in [1.165, 1.54) is 4.90 Å². The molecule has 5 heteroatoms. The number of aryl methyl sites for hydroxylation is 1. The van der Waals surface area contributed by atoms with E-state index in [1.54, 1.807) is 7.11 Å². The van der Waals surface area contributed by atoms with Gasteiger partial charge in [0.15, 0.2) is 5.76 Å². The maximum atomic E-state index is 12.5. The fourth-order valence-corrected chi connectivity index (χ4v) is 2.16. The molecule has 108 valence electrons. The number of carbonyl (C=O) groups is 1. The lowest BCUT2D eigenvalue weighted by atomic mass is 10.1.